The molecule has 0 aromatic heterocycles. The maximum absolute atomic E-state index is 12.8. The second-order valence-electron chi connectivity index (χ2n) is 7.05. The Morgan fingerprint density at radius 2 is 1.71 bits per heavy atom. The van der Waals surface area contributed by atoms with Crippen LogP contribution in [-0.4, -0.2) is 48.3 Å². The lowest BCUT2D eigenvalue weighted by atomic mass is 10.1. The van der Waals surface area contributed by atoms with Gasteiger partial charge in [-0.05, 0) is 61.4 Å². The van der Waals surface area contributed by atoms with Gasteiger partial charge in [0, 0.05) is 17.0 Å². The molecule has 6 nitrogen and oxygen atoms in total. The molecule has 2 aromatic rings. The molecule has 0 spiro atoms. The Bertz CT molecular complexity index is 1120. The summed E-state index contributed by atoms with van der Waals surface area (Å²) in [7, 11) is -5.50. The van der Waals surface area contributed by atoms with Gasteiger partial charge >= 0.3 is 5.51 Å². The van der Waals surface area contributed by atoms with Crippen LogP contribution >= 0.6 is 11.8 Å². The van der Waals surface area contributed by atoms with Crippen LogP contribution in [0.3, 0.4) is 0 Å². The third-order valence-electron chi connectivity index (χ3n) is 4.94. The highest BCUT2D eigenvalue weighted by atomic mass is 32.2. The summed E-state index contributed by atoms with van der Waals surface area (Å²) < 4.78 is 61.0. The number of amides is 2. The predicted octanol–water partition coefficient (Wildman–Crippen LogP) is 3.75. The Morgan fingerprint density at radius 1 is 1.06 bits per heavy atom. The van der Waals surface area contributed by atoms with E-state index in [4.69, 9.17) is 0 Å². The van der Waals surface area contributed by atoms with E-state index in [9.17, 15) is 31.2 Å². The quantitative estimate of drug-likeness (QED) is 0.733. The molecule has 2 aromatic carbocycles. The van der Waals surface area contributed by atoms with E-state index < -0.39 is 32.2 Å². The molecule has 3 rings (SSSR count). The van der Waals surface area contributed by atoms with E-state index in [2.05, 4.69) is 5.32 Å². The van der Waals surface area contributed by atoms with Gasteiger partial charge in [0.15, 0.2) is 0 Å². The van der Waals surface area contributed by atoms with E-state index in [1.165, 1.54) is 16.7 Å². The van der Waals surface area contributed by atoms with Crippen molar-refractivity contribution in [3.8, 4) is 0 Å². The molecule has 1 aliphatic rings. The zero-order chi connectivity index (χ0) is 23.0. The second-order valence-corrected chi connectivity index (χ2v) is 9.99. The molecule has 166 valence electrons. The molecule has 1 aliphatic heterocycles. The summed E-state index contributed by atoms with van der Waals surface area (Å²) in [6, 6.07) is 8.19. The minimum Gasteiger partial charge on any atom is -0.324 e. The Morgan fingerprint density at radius 3 is 2.29 bits per heavy atom. The van der Waals surface area contributed by atoms with Gasteiger partial charge in [-0.2, -0.15) is 13.2 Å². The topological polar surface area (TPSA) is 83.6 Å². The first-order valence-electron chi connectivity index (χ1n) is 9.10. The number of anilines is 1. The third-order valence-corrected chi connectivity index (χ3v) is 7.45. The van der Waals surface area contributed by atoms with Crippen molar-refractivity contribution >= 4 is 39.1 Å². The average molecular weight is 473 g/mol. The second kappa shape index (κ2) is 8.54. The average Bonchev–Trinajstić information content (AvgIpc) is 3.19. The number of nitrogens with zero attached hydrogens (tertiary/aromatic N) is 1. The van der Waals surface area contributed by atoms with Gasteiger partial charge < -0.3 is 10.2 Å². The number of carbonyl (C=O) groups excluding carboxylic acids is 2. The number of rotatable bonds is 4. The number of sulfone groups is 1. The van der Waals surface area contributed by atoms with Crippen LogP contribution in [0, 0.1) is 13.8 Å². The highest BCUT2D eigenvalue weighted by molar-refractivity contribution is 7.99. The first kappa shape index (κ1) is 23.1. The van der Waals surface area contributed by atoms with Gasteiger partial charge in [0.1, 0.15) is 6.04 Å². The Kier molecular flexibility index (Phi) is 6.38. The molecule has 1 N–H and O–H groups in total. The lowest BCUT2D eigenvalue weighted by Crippen LogP contribution is -2.44. The van der Waals surface area contributed by atoms with Crippen LogP contribution in [0.4, 0.5) is 18.9 Å². The molecule has 1 fully saturated rings. The van der Waals surface area contributed by atoms with Gasteiger partial charge in [-0.3, -0.25) is 9.59 Å². The molecule has 0 radical (unpaired) electrons. The summed E-state index contributed by atoms with van der Waals surface area (Å²) in [5.41, 5.74) is -2.77. The van der Waals surface area contributed by atoms with Gasteiger partial charge in [-0.15, -0.1) is 11.8 Å². The fourth-order valence-electron chi connectivity index (χ4n) is 2.98. The molecular formula is C20H19F3N2O4S2. The van der Waals surface area contributed by atoms with Crippen molar-refractivity contribution in [3.63, 3.8) is 0 Å². The van der Waals surface area contributed by atoms with E-state index >= 15 is 0 Å². The Hall–Kier alpha value is -2.53. The molecular weight excluding hydrogens is 453 g/mol. The first-order chi connectivity index (χ1) is 14.4. The fourth-order valence-corrected chi connectivity index (χ4v) is 4.90. The summed E-state index contributed by atoms with van der Waals surface area (Å²) in [4.78, 5) is 25.9. The van der Waals surface area contributed by atoms with Crippen molar-refractivity contribution in [3.05, 3.63) is 59.2 Å². The third kappa shape index (κ3) is 4.72. The Balaban J connectivity index is 1.76. The van der Waals surface area contributed by atoms with Gasteiger partial charge in [-0.1, -0.05) is 6.07 Å². The SMILES string of the molecule is Cc1ccc(NC(=O)C2CSCN2C(=O)c2ccc(S(=O)(=O)C(F)(F)F)cc2)cc1C. The molecule has 11 heteroatoms. The highest BCUT2D eigenvalue weighted by Gasteiger charge is 2.47. The van der Waals surface area contributed by atoms with E-state index in [1.807, 2.05) is 26.0 Å². The van der Waals surface area contributed by atoms with Crippen molar-refractivity contribution in [1.82, 2.24) is 4.90 Å². The molecule has 0 bridgehead atoms. The molecule has 2 amide bonds. The van der Waals surface area contributed by atoms with Gasteiger partial charge in [0.2, 0.25) is 5.91 Å². The largest absolute Gasteiger partial charge is 0.501 e. The molecule has 1 atom stereocenters. The van der Waals surface area contributed by atoms with Crippen LogP contribution in [-0.2, 0) is 14.6 Å². The first-order valence-corrected chi connectivity index (χ1v) is 11.7. The zero-order valence-corrected chi connectivity index (χ0v) is 18.2. The molecule has 1 saturated heterocycles. The van der Waals surface area contributed by atoms with Crippen molar-refractivity contribution < 1.29 is 31.2 Å². The number of thioether (sulfide) groups is 1. The molecule has 1 heterocycles. The molecule has 0 saturated carbocycles. The predicted molar refractivity (Wildman–Crippen MR) is 112 cm³/mol. The van der Waals surface area contributed by atoms with Crippen molar-refractivity contribution in [2.45, 2.75) is 30.3 Å². The number of halogens is 3. The molecule has 31 heavy (non-hydrogen) atoms. The number of hydrogen-bond acceptors (Lipinski definition) is 5. The molecule has 0 aliphatic carbocycles. The highest BCUT2D eigenvalue weighted by Crippen LogP contribution is 2.31. The number of alkyl halides is 3. The van der Waals surface area contributed by atoms with E-state index in [0.717, 1.165) is 35.4 Å². The van der Waals surface area contributed by atoms with Crippen LogP contribution in [0.1, 0.15) is 21.5 Å². The molecule has 1 unspecified atom stereocenters. The summed E-state index contributed by atoms with van der Waals surface area (Å²) >= 11 is 1.37. The lowest BCUT2D eigenvalue weighted by molar-refractivity contribution is -0.119. The van der Waals surface area contributed by atoms with Gasteiger partial charge in [-0.25, -0.2) is 8.42 Å². The lowest BCUT2D eigenvalue weighted by Gasteiger charge is -2.23. The maximum atomic E-state index is 12.8. The van der Waals surface area contributed by atoms with Crippen molar-refractivity contribution in [1.29, 1.82) is 0 Å². The summed E-state index contributed by atoms with van der Waals surface area (Å²) in [6.07, 6.45) is 0. The number of aryl methyl sites for hydroxylation is 2. The van der Waals surface area contributed by atoms with Crippen LogP contribution in [0.5, 0.6) is 0 Å². The monoisotopic (exact) mass is 472 g/mol. The van der Waals surface area contributed by atoms with Gasteiger partial charge in [0.25, 0.3) is 15.7 Å². The van der Waals surface area contributed by atoms with Crippen LogP contribution < -0.4 is 5.32 Å². The maximum Gasteiger partial charge on any atom is 0.501 e. The minimum atomic E-state index is -5.50. The van der Waals surface area contributed by atoms with Gasteiger partial charge in [0.05, 0.1) is 10.8 Å². The summed E-state index contributed by atoms with van der Waals surface area (Å²) in [6.45, 7) is 3.86. The standard InChI is InChI=1S/C20H19F3N2O4S2/c1-12-3-6-15(9-13(12)2)24-18(26)17-10-30-11-25(17)19(27)14-4-7-16(8-5-14)31(28,29)20(21,22)23/h3-9,17H,10-11H2,1-2H3,(H,24,26). The normalized spacial score (nSPS) is 16.9. The number of carbonyl (C=O) groups is 2. The smallest absolute Gasteiger partial charge is 0.324 e. The summed E-state index contributed by atoms with van der Waals surface area (Å²) in [5.74, 6) is -0.353. The van der Waals surface area contributed by atoms with Crippen LogP contribution in [0.15, 0.2) is 47.4 Å². The van der Waals surface area contributed by atoms with Crippen LogP contribution in [0.2, 0.25) is 0 Å². The zero-order valence-electron chi connectivity index (χ0n) is 16.6. The van der Waals surface area contributed by atoms with Crippen LogP contribution in [0.25, 0.3) is 0 Å². The van der Waals surface area contributed by atoms with Crippen molar-refractivity contribution in [2.75, 3.05) is 16.9 Å². The van der Waals surface area contributed by atoms with E-state index in [0.29, 0.717) is 11.4 Å². The van der Waals surface area contributed by atoms with Crippen molar-refractivity contribution in [2.24, 2.45) is 0 Å². The van der Waals surface area contributed by atoms with E-state index in [-0.39, 0.29) is 17.3 Å². The number of hydrogen-bond donors (Lipinski definition) is 1. The number of benzene rings is 2. The summed E-state index contributed by atoms with van der Waals surface area (Å²) in [5, 5.41) is 2.78. The number of nitrogens with one attached hydrogen (secondary N) is 1. The Labute approximate surface area is 181 Å². The van der Waals surface area contributed by atoms with E-state index in [1.54, 1.807) is 6.07 Å². The fraction of sp³-hybridized carbons (Fsp3) is 0.300. The minimum absolute atomic E-state index is 0.00685.